The van der Waals surface area contributed by atoms with E-state index in [1.807, 2.05) is 24.3 Å². The summed E-state index contributed by atoms with van der Waals surface area (Å²) in [5.74, 6) is -0.608. The molecule has 0 fully saturated rings. The van der Waals surface area contributed by atoms with Gasteiger partial charge in [0.2, 0.25) is 0 Å². The molecule has 1 aliphatic rings. The molecule has 0 aromatic heterocycles. The Labute approximate surface area is 138 Å². The second-order valence-corrected chi connectivity index (χ2v) is 5.98. The molecule has 112 valence electrons. The molecule has 0 spiro atoms. The van der Waals surface area contributed by atoms with Crippen LogP contribution in [-0.2, 0) is 11.3 Å². The number of benzene rings is 2. The van der Waals surface area contributed by atoms with Crippen molar-refractivity contribution in [3.63, 3.8) is 0 Å². The largest absolute Gasteiger partial charge is 0.503 e. The Kier molecular flexibility index (Phi) is 4.10. The van der Waals surface area contributed by atoms with Crippen LogP contribution < -0.4 is 0 Å². The van der Waals surface area contributed by atoms with Crippen LogP contribution in [0.2, 0.25) is 10.0 Å². The predicted octanol–water partition coefficient (Wildman–Crippen LogP) is 4.52. The van der Waals surface area contributed by atoms with E-state index in [2.05, 4.69) is 0 Å². The first-order valence-electron chi connectivity index (χ1n) is 6.76. The van der Waals surface area contributed by atoms with E-state index < -0.39 is 0 Å². The number of hydrogen-bond acceptors (Lipinski definition) is 2. The Morgan fingerprint density at radius 3 is 2.09 bits per heavy atom. The molecule has 0 radical (unpaired) electrons. The number of aliphatic hydroxyl groups is 1. The van der Waals surface area contributed by atoms with Gasteiger partial charge < -0.3 is 10.0 Å². The fourth-order valence-corrected chi connectivity index (χ4v) is 2.73. The van der Waals surface area contributed by atoms with E-state index in [9.17, 15) is 9.90 Å². The van der Waals surface area contributed by atoms with Crippen LogP contribution in [-0.4, -0.2) is 15.9 Å². The summed E-state index contributed by atoms with van der Waals surface area (Å²) in [4.78, 5) is 13.8. The number of halogens is 2. The Morgan fingerprint density at radius 1 is 0.955 bits per heavy atom. The number of nitrogens with zero attached hydrogens (tertiary/aromatic N) is 1. The van der Waals surface area contributed by atoms with E-state index in [1.165, 1.54) is 0 Å². The van der Waals surface area contributed by atoms with Crippen LogP contribution >= 0.6 is 23.2 Å². The van der Waals surface area contributed by atoms with Crippen LogP contribution in [0.1, 0.15) is 17.2 Å². The molecule has 0 saturated carbocycles. The fraction of sp³-hybridized carbons (Fsp3) is 0.118. The number of carbonyl (C=O) groups is 1. The van der Waals surface area contributed by atoms with Gasteiger partial charge in [-0.15, -0.1) is 0 Å². The van der Waals surface area contributed by atoms with Crippen molar-refractivity contribution in [2.24, 2.45) is 0 Å². The maximum Gasteiger partial charge on any atom is 0.289 e. The second-order valence-electron chi connectivity index (χ2n) is 5.11. The molecule has 2 aromatic carbocycles. The molecule has 1 amide bonds. The third kappa shape index (κ3) is 2.96. The van der Waals surface area contributed by atoms with Crippen LogP contribution in [0.4, 0.5) is 0 Å². The topological polar surface area (TPSA) is 40.5 Å². The minimum Gasteiger partial charge on any atom is -0.503 e. The lowest BCUT2D eigenvalue weighted by molar-refractivity contribution is -0.130. The number of hydrogen-bond donors (Lipinski definition) is 1. The highest BCUT2D eigenvalue weighted by molar-refractivity contribution is 6.30. The van der Waals surface area contributed by atoms with Crippen molar-refractivity contribution in [1.82, 2.24) is 4.90 Å². The van der Waals surface area contributed by atoms with Crippen molar-refractivity contribution < 1.29 is 9.90 Å². The third-order valence-corrected chi connectivity index (χ3v) is 4.11. The van der Waals surface area contributed by atoms with Gasteiger partial charge in [-0.3, -0.25) is 4.79 Å². The van der Waals surface area contributed by atoms with Crippen molar-refractivity contribution in [2.45, 2.75) is 12.6 Å². The summed E-state index contributed by atoms with van der Waals surface area (Å²) >= 11 is 11.8. The number of rotatable bonds is 3. The highest BCUT2D eigenvalue weighted by Gasteiger charge is 2.33. The first-order valence-corrected chi connectivity index (χ1v) is 7.52. The van der Waals surface area contributed by atoms with Crippen LogP contribution in [0.15, 0.2) is 60.4 Å². The van der Waals surface area contributed by atoms with E-state index in [0.29, 0.717) is 16.6 Å². The summed E-state index contributed by atoms with van der Waals surface area (Å²) in [5.41, 5.74) is 1.84. The van der Waals surface area contributed by atoms with Crippen LogP contribution in [0.3, 0.4) is 0 Å². The van der Waals surface area contributed by atoms with E-state index in [1.54, 1.807) is 35.2 Å². The highest BCUT2D eigenvalue weighted by atomic mass is 35.5. The molecule has 22 heavy (non-hydrogen) atoms. The Hall–Kier alpha value is -1.97. The molecule has 3 rings (SSSR count). The zero-order valence-electron chi connectivity index (χ0n) is 11.5. The Morgan fingerprint density at radius 2 is 1.50 bits per heavy atom. The predicted molar refractivity (Wildman–Crippen MR) is 86.9 cm³/mol. The maximum absolute atomic E-state index is 12.2. The summed E-state index contributed by atoms with van der Waals surface area (Å²) in [6, 6.07) is 14.2. The van der Waals surface area contributed by atoms with Gasteiger partial charge in [0.05, 0.1) is 6.04 Å². The molecular formula is C17H13Cl2NO2. The molecule has 1 unspecified atom stereocenters. The SMILES string of the molecule is O=C1C(O)=CC(c2ccc(Cl)cc2)N1Cc1ccc(Cl)cc1. The third-order valence-electron chi connectivity index (χ3n) is 3.61. The first-order chi connectivity index (χ1) is 10.5. The van der Waals surface area contributed by atoms with Crippen molar-refractivity contribution >= 4 is 29.1 Å². The smallest absolute Gasteiger partial charge is 0.289 e. The number of carbonyl (C=O) groups excluding carboxylic acids is 1. The monoisotopic (exact) mass is 333 g/mol. The lowest BCUT2D eigenvalue weighted by atomic mass is 10.1. The zero-order chi connectivity index (χ0) is 15.7. The van der Waals surface area contributed by atoms with Gasteiger partial charge in [-0.05, 0) is 41.5 Å². The van der Waals surface area contributed by atoms with E-state index in [4.69, 9.17) is 23.2 Å². The average Bonchev–Trinajstić information content (AvgIpc) is 2.79. The quantitative estimate of drug-likeness (QED) is 0.897. The van der Waals surface area contributed by atoms with Gasteiger partial charge >= 0.3 is 0 Å². The summed E-state index contributed by atoms with van der Waals surface area (Å²) in [5, 5.41) is 11.1. The zero-order valence-corrected chi connectivity index (χ0v) is 13.1. The molecule has 1 aliphatic heterocycles. The van der Waals surface area contributed by atoms with E-state index in [-0.39, 0.29) is 17.7 Å². The molecular weight excluding hydrogens is 321 g/mol. The van der Waals surface area contributed by atoms with Crippen molar-refractivity contribution in [3.05, 3.63) is 81.5 Å². The number of aliphatic hydroxyl groups excluding tert-OH is 1. The first kappa shape index (κ1) is 14.9. The fourth-order valence-electron chi connectivity index (χ4n) is 2.48. The standard InChI is InChI=1S/C17H13Cl2NO2/c18-13-5-1-11(2-6-13)10-20-15(9-16(21)17(20)22)12-3-7-14(19)8-4-12/h1-9,15,21H,10H2. The number of amides is 1. The van der Waals surface area contributed by atoms with Crippen molar-refractivity contribution in [2.75, 3.05) is 0 Å². The van der Waals surface area contributed by atoms with Gasteiger partial charge in [0.25, 0.3) is 5.91 Å². The molecule has 0 bridgehead atoms. The average molecular weight is 334 g/mol. The van der Waals surface area contributed by atoms with Gasteiger partial charge in [-0.25, -0.2) is 0 Å². The molecule has 1 heterocycles. The molecule has 5 heteroatoms. The maximum atomic E-state index is 12.2. The van der Waals surface area contributed by atoms with Crippen LogP contribution in [0, 0.1) is 0 Å². The second kappa shape index (κ2) is 6.03. The summed E-state index contributed by atoms with van der Waals surface area (Å²) in [6.07, 6.45) is 1.56. The van der Waals surface area contributed by atoms with Gasteiger partial charge in [0, 0.05) is 16.6 Å². The molecule has 3 nitrogen and oxygen atoms in total. The van der Waals surface area contributed by atoms with Gasteiger partial charge in [0.15, 0.2) is 5.76 Å². The molecule has 1 atom stereocenters. The van der Waals surface area contributed by atoms with E-state index in [0.717, 1.165) is 11.1 Å². The lowest BCUT2D eigenvalue weighted by Gasteiger charge is -2.25. The molecule has 0 aliphatic carbocycles. The van der Waals surface area contributed by atoms with Crippen molar-refractivity contribution in [3.8, 4) is 0 Å². The van der Waals surface area contributed by atoms with Crippen LogP contribution in [0.25, 0.3) is 0 Å². The van der Waals surface area contributed by atoms with Crippen molar-refractivity contribution in [1.29, 1.82) is 0 Å². The minimum atomic E-state index is -0.380. The normalized spacial score (nSPS) is 17.7. The Bertz CT molecular complexity index is 723. The van der Waals surface area contributed by atoms with Gasteiger partial charge in [-0.2, -0.15) is 0 Å². The minimum absolute atomic E-state index is 0.228. The lowest BCUT2D eigenvalue weighted by Crippen LogP contribution is -2.29. The molecule has 2 aromatic rings. The highest BCUT2D eigenvalue weighted by Crippen LogP contribution is 2.32. The van der Waals surface area contributed by atoms with Crippen LogP contribution in [0.5, 0.6) is 0 Å². The van der Waals surface area contributed by atoms with Gasteiger partial charge in [0.1, 0.15) is 0 Å². The van der Waals surface area contributed by atoms with E-state index >= 15 is 0 Å². The van der Waals surface area contributed by atoms with Gasteiger partial charge in [-0.1, -0.05) is 47.5 Å². The Balaban J connectivity index is 1.88. The molecule has 1 N–H and O–H groups in total. The summed E-state index contributed by atoms with van der Waals surface area (Å²) < 4.78 is 0. The summed E-state index contributed by atoms with van der Waals surface area (Å²) in [6.45, 7) is 0.393. The summed E-state index contributed by atoms with van der Waals surface area (Å²) in [7, 11) is 0. The molecule has 0 saturated heterocycles.